The van der Waals surface area contributed by atoms with Crippen LogP contribution < -0.4 is 5.32 Å². The molecule has 40 heavy (non-hydrogen) atoms. The average Bonchev–Trinajstić information content (AvgIpc) is 3.60. The summed E-state index contributed by atoms with van der Waals surface area (Å²) >= 11 is 13.9. The van der Waals surface area contributed by atoms with Gasteiger partial charge in [-0.25, -0.2) is 0 Å². The van der Waals surface area contributed by atoms with Crippen molar-refractivity contribution in [2.24, 2.45) is 11.8 Å². The van der Waals surface area contributed by atoms with E-state index in [1.165, 1.54) is 11.3 Å². The molecular weight excluding hydrogens is 565 g/mol. The van der Waals surface area contributed by atoms with Gasteiger partial charge >= 0.3 is 0 Å². The molecule has 3 aromatic rings. The fraction of sp³-hybridized carbons (Fsp3) is 0.387. The number of piperazine rings is 1. The third-order valence-electron chi connectivity index (χ3n) is 8.59. The Morgan fingerprint density at radius 1 is 0.825 bits per heavy atom. The van der Waals surface area contributed by atoms with Gasteiger partial charge in [-0.3, -0.25) is 14.4 Å². The van der Waals surface area contributed by atoms with Crippen molar-refractivity contribution in [1.29, 1.82) is 0 Å². The monoisotopic (exact) mass is 595 g/mol. The minimum absolute atomic E-state index is 0.0415. The third-order valence-corrected chi connectivity index (χ3v) is 9.98. The number of rotatable bonds is 6. The van der Waals surface area contributed by atoms with Gasteiger partial charge in [-0.05, 0) is 59.7 Å². The highest BCUT2D eigenvalue weighted by Crippen LogP contribution is 2.53. The first-order chi connectivity index (χ1) is 19.4. The van der Waals surface area contributed by atoms with Gasteiger partial charge in [0.1, 0.15) is 6.04 Å². The molecular formula is C31H31Cl2N3O3S. The van der Waals surface area contributed by atoms with Gasteiger partial charge in [0.25, 0.3) is 0 Å². The highest BCUT2D eigenvalue weighted by atomic mass is 35.5. The van der Waals surface area contributed by atoms with Crippen molar-refractivity contribution in [3.05, 3.63) is 92.1 Å². The zero-order valence-electron chi connectivity index (χ0n) is 22.0. The fourth-order valence-electron chi connectivity index (χ4n) is 6.39. The van der Waals surface area contributed by atoms with Gasteiger partial charge in [0.15, 0.2) is 5.78 Å². The number of thiophene rings is 1. The van der Waals surface area contributed by atoms with Crippen LogP contribution in [0.4, 0.5) is 0 Å². The van der Waals surface area contributed by atoms with Crippen LogP contribution in [0.3, 0.4) is 0 Å². The maximum absolute atomic E-state index is 14.5. The number of hydrogen-bond donors (Lipinski definition) is 1. The number of halogens is 2. The quantitative estimate of drug-likeness (QED) is 0.364. The number of hydrogen-bond acceptors (Lipinski definition) is 5. The minimum Gasteiger partial charge on any atom is -0.338 e. The van der Waals surface area contributed by atoms with Crippen LogP contribution >= 0.6 is 34.5 Å². The lowest BCUT2D eigenvalue weighted by atomic mass is 9.77. The summed E-state index contributed by atoms with van der Waals surface area (Å²) in [6, 6.07) is 17.0. The summed E-state index contributed by atoms with van der Waals surface area (Å²) in [6.07, 6.45) is 2.59. The molecule has 1 saturated carbocycles. The van der Waals surface area contributed by atoms with E-state index in [9.17, 15) is 14.4 Å². The molecule has 0 bridgehead atoms. The van der Waals surface area contributed by atoms with E-state index >= 15 is 0 Å². The number of carbonyl (C=O) groups is 3. The highest BCUT2D eigenvalue weighted by Gasteiger charge is 2.59. The van der Waals surface area contributed by atoms with E-state index in [4.69, 9.17) is 23.2 Å². The number of nitrogens with zero attached hydrogens (tertiary/aromatic N) is 2. The number of benzene rings is 2. The number of amides is 2. The highest BCUT2D eigenvalue weighted by molar-refractivity contribution is 7.12. The first-order valence-electron chi connectivity index (χ1n) is 13.8. The normalized spacial score (nSPS) is 25.1. The maximum Gasteiger partial charge on any atom is 0.246 e. The van der Waals surface area contributed by atoms with Crippen molar-refractivity contribution in [1.82, 2.24) is 15.1 Å². The molecule has 6 rings (SSSR count). The van der Waals surface area contributed by atoms with Crippen LogP contribution in [0.1, 0.15) is 52.0 Å². The van der Waals surface area contributed by atoms with E-state index in [2.05, 4.69) is 5.32 Å². The molecule has 1 aromatic heterocycles. The van der Waals surface area contributed by atoms with Crippen LogP contribution in [0, 0.1) is 11.8 Å². The standard InChI is InChI=1S/C31H31Cl2N3O3S/c32-22-10-6-19(7-11-22)25-26(29(37)24-5-2-18-40-24)27(20-8-12-23(33)13-9-20)36(30(38)21-3-1-4-21)28(25)31(39)35-16-14-34-15-17-35/h2,5-13,18,21,25-28,34H,1,3-4,14-17H2. The Labute approximate surface area is 248 Å². The largest absolute Gasteiger partial charge is 0.338 e. The molecule has 6 nitrogen and oxygen atoms in total. The van der Waals surface area contributed by atoms with Gasteiger partial charge in [0.05, 0.1) is 16.8 Å². The van der Waals surface area contributed by atoms with E-state index < -0.39 is 23.9 Å². The summed E-state index contributed by atoms with van der Waals surface area (Å²) in [4.78, 5) is 47.6. The van der Waals surface area contributed by atoms with E-state index in [-0.39, 0.29) is 23.5 Å². The van der Waals surface area contributed by atoms with E-state index in [1.807, 2.05) is 46.7 Å². The number of likely N-dealkylation sites (tertiary alicyclic amines) is 1. The Kier molecular flexibility index (Phi) is 8.00. The lowest BCUT2D eigenvalue weighted by molar-refractivity contribution is -0.150. The number of nitrogens with one attached hydrogen (secondary N) is 1. The van der Waals surface area contributed by atoms with Crippen molar-refractivity contribution < 1.29 is 14.4 Å². The SMILES string of the molecule is O=C(c1cccs1)C1C(c2ccc(Cl)cc2)C(C(=O)N2CCNCC2)N(C(=O)C2CCC2)C1c1ccc(Cl)cc1. The topological polar surface area (TPSA) is 69.7 Å². The fourth-order valence-corrected chi connectivity index (χ4v) is 7.35. The first kappa shape index (κ1) is 27.5. The molecule has 9 heteroatoms. The predicted molar refractivity (Wildman–Crippen MR) is 158 cm³/mol. The first-order valence-corrected chi connectivity index (χ1v) is 15.5. The predicted octanol–water partition coefficient (Wildman–Crippen LogP) is 5.82. The number of carbonyl (C=O) groups excluding carboxylic acids is 3. The average molecular weight is 597 g/mol. The smallest absolute Gasteiger partial charge is 0.246 e. The molecule has 2 amide bonds. The molecule has 0 spiro atoms. The van der Waals surface area contributed by atoms with Crippen molar-refractivity contribution in [2.45, 2.75) is 37.3 Å². The lowest BCUT2D eigenvalue weighted by Gasteiger charge is -2.39. The van der Waals surface area contributed by atoms with E-state index in [0.717, 1.165) is 30.4 Å². The molecule has 3 aliphatic rings. The molecule has 4 atom stereocenters. The Morgan fingerprint density at radius 2 is 1.45 bits per heavy atom. The summed E-state index contributed by atoms with van der Waals surface area (Å²) in [7, 11) is 0. The van der Waals surface area contributed by atoms with Crippen LogP contribution in [0.15, 0.2) is 66.0 Å². The lowest BCUT2D eigenvalue weighted by Crippen LogP contribution is -2.56. The second-order valence-corrected chi connectivity index (χ2v) is 12.7. The molecule has 208 valence electrons. The Morgan fingerprint density at radius 3 is 2.00 bits per heavy atom. The molecule has 2 saturated heterocycles. The summed E-state index contributed by atoms with van der Waals surface area (Å²) in [5, 5.41) is 6.34. The van der Waals surface area contributed by atoms with Gasteiger partial charge in [0.2, 0.25) is 11.8 Å². The molecule has 4 unspecified atom stereocenters. The van der Waals surface area contributed by atoms with Crippen LogP contribution in [-0.2, 0) is 9.59 Å². The Hall–Kier alpha value is -2.71. The minimum atomic E-state index is -0.818. The maximum atomic E-state index is 14.5. The van der Waals surface area contributed by atoms with Crippen molar-refractivity contribution in [2.75, 3.05) is 26.2 Å². The molecule has 2 aromatic carbocycles. The summed E-state index contributed by atoms with van der Waals surface area (Å²) in [5.74, 6) is -1.55. The molecule has 3 heterocycles. The van der Waals surface area contributed by atoms with Gasteiger partial charge in [0, 0.05) is 48.1 Å². The van der Waals surface area contributed by atoms with Crippen LogP contribution in [0.2, 0.25) is 10.0 Å². The number of ketones is 1. The van der Waals surface area contributed by atoms with Crippen LogP contribution in [0.25, 0.3) is 0 Å². The molecule has 2 aliphatic heterocycles. The molecule has 0 radical (unpaired) electrons. The zero-order valence-corrected chi connectivity index (χ0v) is 24.3. The zero-order chi connectivity index (χ0) is 27.8. The van der Waals surface area contributed by atoms with Crippen molar-refractivity contribution >= 4 is 52.1 Å². The summed E-state index contributed by atoms with van der Waals surface area (Å²) in [5.41, 5.74) is 1.64. The summed E-state index contributed by atoms with van der Waals surface area (Å²) < 4.78 is 0. The van der Waals surface area contributed by atoms with E-state index in [1.54, 1.807) is 29.2 Å². The molecule has 3 fully saturated rings. The van der Waals surface area contributed by atoms with Crippen molar-refractivity contribution in [3.8, 4) is 0 Å². The van der Waals surface area contributed by atoms with Crippen LogP contribution in [-0.4, -0.2) is 59.6 Å². The van der Waals surface area contributed by atoms with Gasteiger partial charge < -0.3 is 15.1 Å². The van der Waals surface area contributed by atoms with Gasteiger partial charge in [-0.15, -0.1) is 11.3 Å². The van der Waals surface area contributed by atoms with Gasteiger partial charge in [-0.1, -0.05) is 60.0 Å². The Bertz CT molecular complexity index is 1370. The number of Topliss-reactive ketones (excluding diaryl/α,β-unsaturated/α-hetero) is 1. The Balaban J connectivity index is 1.57. The molecule has 1 aliphatic carbocycles. The van der Waals surface area contributed by atoms with E-state index in [0.29, 0.717) is 41.1 Å². The summed E-state index contributed by atoms with van der Waals surface area (Å²) in [6.45, 7) is 2.50. The van der Waals surface area contributed by atoms with Crippen LogP contribution in [0.5, 0.6) is 0 Å². The second-order valence-electron chi connectivity index (χ2n) is 10.8. The third kappa shape index (κ3) is 5.09. The second kappa shape index (κ2) is 11.6. The molecule has 1 N–H and O–H groups in total. The van der Waals surface area contributed by atoms with Gasteiger partial charge in [-0.2, -0.15) is 0 Å². The van der Waals surface area contributed by atoms with Crippen molar-refractivity contribution in [3.63, 3.8) is 0 Å².